The van der Waals surface area contributed by atoms with Crippen LogP contribution in [0.5, 0.6) is 0 Å². The van der Waals surface area contributed by atoms with Gasteiger partial charge in [-0.3, -0.25) is 4.79 Å². The Balaban J connectivity index is 4.47. The molecule has 0 aliphatic rings. The zero-order valence-corrected chi connectivity index (χ0v) is 12.0. The monoisotopic (exact) mass is 264 g/mol. The lowest BCUT2D eigenvalue weighted by Crippen LogP contribution is -2.37. The second-order valence-corrected chi connectivity index (χ2v) is 7.07. The van der Waals surface area contributed by atoms with Gasteiger partial charge in [0.2, 0.25) is 5.91 Å². The Labute approximate surface area is 104 Å². The molecule has 0 aliphatic heterocycles. The lowest BCUT2D eigenvalue weighted by Gasteiger charge is -2.20. The van der Waals surface area contributed by atoms with E-state index in [9.17, 15) is 13.2 Å². The van der Waals surface area contributed by atoms with Crippen LogP contribution in [-0.2, 0) is 14.6 Å². The maximum absolute atomic E-state index is 11.9. The molecule has 0 rings (SSSR count). The summed E-state index contributed by atoms with van der Waals surface area (Å²) in [5.74, 6) is -0.749. The largest absolute Gasteiger partial charge is 0.345 e. The molecule has 0 spiro atoms. The van der Waals surface area contributed by atoms with E-state index in [1.54, 1.807) is 14.0 Å². The average Bonchev–Trinajstić information content (AvgIpc) is 2.23. The van der Waals surface area contributed by atoms with Crippen molar-refractivity contribution >= 4 is 15.7 Å². The predicted molar refractivity (Wildman–Crippen MR) is 69.4 cm³/mol. The first-order chi connectivity index (χ1) is 7.72. The van der Waals surface area contributed by atoms with E-state index in [4.69, 9.17) is 5.73 Å². The van der Waals surface area contributed by atoms with Gasteiger partial charge in [-0.15, -0.1) is 0 Å². The molecule has 0 saturated heterocycles. The minimum Gasteiger partial charge on any atom is -0.345 e. The van der Waals surface area contributed by atoms with Crippen molar-refractivity contribution in [1.29, 1.82) is 0 Å². The van der Waals surface area contributed by atoms with Gasteiger partial charge in [-0.05, 0) is 25.8 Å². The number of rotatable bonds is 7. The molecule has 1 unspecified atom stereocenters. The molecule has 6 heteroatoms. The fourth-order valence-corrected chi connectivity index (χ4v) is 2.94. The molecule has 1 amide bonds. The number of carbonyl (C=O) groups is 1. The number of carbonyl (C=O) groups excluding carboxylic acids is 1. The molecule has 0 aromatic carbocycles. The fourth-order valence-electron chi connectivity index (χ4n) is 1.28. The number of sulfone groups is 1. The van der Waals surface area contributed by atoms with Gasteiger partial charge in [0, 0.05) is 13.6 Å². The van der Waals surface area contributed by atoms with E-state index in [-0.39, 0.29) is 11.8 Å². The smallest absolute Gasteiger partial charge is 0.237 e. The van der Waals surface area contributed by atoms with Crippen molar-refractivity contribution in [3.8, 4) is 0 Å². The van der Waals surface area contributed by atoms with Gasteiger partial charge in [0.25, 0.3) is 0 Å². The Morgan fingerprint density at radius 1 is 1.29 bits per heavy atom. The lowest BCUT2D eigenvalue weighted by atomic mass is 10.2. The van der Waals surface area contributed by atoms with Gasteiger partial charge in [-0.2, -0.15) is 0 Å². The summed E-state index contributed by atoms with van der Waals surface area (Å²) in [6.07, 6.45) is 0.683. The third-order valence-corrected chi connectivity index (χ3v) is 5.28. The number of nitrogens with zero attached hydrogens (tertiary/aromatic N) is 1. The molecule has 2 N–H and O–H groups in total. The zero-order valence-electron chi connectivity index (χ0n) is 11.1. The first-order valence-electron chi connectivity index (χ1n) is 5.88. The van der Waals surface area contributed by atoms with E-state index in [0.29, 0.717) is 19.5 Å². The summed E-state index contributed by atoms with van der Waals surface area (Å²) in [5.41, 5.74) is 5.34. The first kappa shape index (κ1) is 16.4. The van der Waals surface area contributed by atoms with Crippen molar-refractivity contribution in [3.63, 3.8) is 0 Å². The number of hydrogen-bond donors (Lipinski definition) is 1. The molecule has 5 nitrogen and oxygen atoms in total. The molecule has 0 aromatic heterocycles. The highest BCUT2D eigenvalue weighted by atomic mass is 32.2. The first-order valence-corrected chi connectivity index (χ1v) is 7.59. The summed E-state index contributed by atoms with van der Waals surface area (Å²) in [6.45, 7) is 6.32. The topological polar surface area (TPSA) is 80.5 Å². The van der Waals surface area contributed by atoms with Crippen molar-refractivity contribution in [3.05, 3.63) is 0 Å². The van der Waals surface area contributed by atoms with Gasteiger partial charge in [0.15, 0.2) is 9.84 Å². The highest BCUT2D eigenvalue weighted by Crippen LogP contribution is 2.12. The average molecular weight is 264 g/mol. The minimum absolute atomic E-state index is 0.0159. The highest BCUT2D eigenvalue weighted by molar-refractivity contribution is 7.92. The van der Waals surface area contributed by atoms with Crippen LogP contribution >= 0.6 is 0 Å². The van der Waals surface area contributed by atoms with Crippen molar-refractivity contribution in [1.82, 2.24) is 4.90 Å². The quantitative estimate of drug-likeness (QED) is 0.715. The summed E-state index contributed by atoms with van der Waals surface area (Å²) in [4.78, 5) is 13.1. The van der Waals surface area contributed by atoms with Gasteiger partial charge in [-0.1, -0.05) is 13.8 Å². The van der Waals surface area contributed by atoms with Gasteiger partial charge in [0.05, 0.1) is 5.25 Å². The van der Waals surface area contributed by atoms with Crippen LogP contribution in [0.2, 0.25) is 0 Å². The summed E-state index contributed by atoms with van der Waals surface area (Å²) >= 11 is 0. The lowest BCUT2D eigenvalue weighted by molar-refractivity contribution is -0.127. The zero-order chi connectivity index (χ0) is 13.6. The van der Waals surface area contributed by atoms with Crippen LogP contribution < -0.4 is 5.73 Å². The normalized spacial score (nSPS) is 13.8. The molecule has 0 bridgehead atoms. The third-order valence-electron chi connectivity index (χ3n) is 2.95. The predicted octanol–water partition coefficient (Wildman–Crippen LogP) is 0.253. The molecule has 0 aromatic rings. The van der Waals surface area contributed by atoms with Crippen molar-refractivity contribution in [2.24, 2.45) is 11.7 Å². The summed E-state index contributed by atoms with van der Waals surface area (Å²) < 4.78 is 23.8. The maximum atomic E-state index is 11.9. The van der Waals surface area contributed by atoms with Crippen LogP contribution in [0.15, 0.2) is 0 Å². The molecule has 1 atom stereocenters. The van der Waals surface area contributed by atoms with Gasteiger partial charge >= 0.3 is 0 Å². The van der Waals surface area contributed by atoms with E-state index in [2.05, 4.69) is 0 Å². The standard InChI is InChI=1S/C11H24N2O3S/c1-9(2)10(3)17(15,16)8-11(14)13(4)7-5-6-12/h9-10H,5-8,12H2,1-4H3. The molecule has 0 fully saturated rings. The van der Waals surface area contributed by atoms with Gasteiger partial charge in [-0.25, -0.2) is 8.42 Å². The Morgan fingerprint density at radius 3 is 2.24 bits per heavy atom. The van der Waals surface area contributed by atoms with Crippen LogP contribution in [0.4, 0.5) is 0 Å². The molecule has 0 saturated carbocycles. The van der Waals surface area contributed by atoms with Crippen LogP contribution in [-0.4, -0.2) is 50.4 Å². The summed E-state index contributed by atoms with van der Waals surface area (Å²) in [5, 5.41) is -0.491. The number of amides is 1. The minimum atomic E-state index is -3.35. The van der Waals surface area contributed by atoms with Crippen LogP contribution in [0, 0.1) is 5.92 Å². The van der Waals surface area contributed by atoms with Crippen LogP contribution in [0.25, 0.3) is 0 Å². The summed E-state index contributed by atoms with van der Waals surface area (Å²) in [7, 11) is -1.75. The molecule has 0 aliphatic carbocycles. The number of nitrogens with two attached hydrogens (primary N) is 1. The number of hydrogen-bond acceptors (Lipinski definition) is 4. The van der Waals surface area contributed by atoms with Crippen molar-refractivity contribution in [2.45, 2.75) is 32.4 Å². The molecular formula is C11H24N2O3S. The Hall–Kier alpha value is -0.620. The highest BCUT2D eigenvalue weighted by Gasteiger charge is 2.27. The molecule has 0 radical (unpaired) electrons. The van der Waals surface area contributed by atoms with Crippen molar-refractivity contribution < 1.29 is 13.2 Å². The Bertz CT molecular complexity index is 339. The van der Waals surface area contributed by atoms with E-state index in [1.807, 2.05) is 13.8 Å². The molecular weight excluding hydrogens is 240 g/mol. The Morgan fingerprint density at radius 2 is 1.82 bits per heavy atom. The van der Waals surface area contributed by atoms with Crippen LogP contribution in [0.1, 0.15) is 27.2 Å². The van der Waals surface area contributed by atoms with Crippen molar-refractivity contribution in [2.75, 3.05) is 25.9 Å². The van der Waals surface area contributed by atoms with E-state index in [0.717, 1.165) is 0 Å². The Kier molecular flexibility index (Phi) is 6.70. The summed E-state index contributed by atoms with van der Waals surface area (Å²) in [6, 6.07) is 0. The maximum Gasteiger partial charge on any atom is 0.237 e. The second-order valence-electron chi connectivity index (χ2n) is 4.71. The third kappa shape index (κ3) is 5.50. The fraction of sp³-hybridized carbons (Fsp3) is 0.909. The molecule has 17 heavy (non-hydrogen) atoms. The second kappa shape index (κ2) is 6.96. The van der Waals surface area contributed by atoms with E-state index in [1.165, 1.54) is 4.90 Å². The molecule has 0 heterocycles. The molecule has 102 valence electrons. The van der Waals surface area contributed by atoms with E-state index < -0.39 is 20.8 Å². The van der Waals surface area contributed by atoms with E-state index >= 15 is 0 Å². The van der Waals surface area contributed by atoms with Gasteiger partial charge < -0.3 is 10.6 Å². The van der Waals surface area contributed by atoms with Gasteiger partial charge in [0.1, 0.15) is 5.75 Å². The SMILES string of the molecule is CC(C)C(C)S(=O)(=O)CC(=O)N(C)CCCN. The van der Waals surface area contributed by atoms with Crippen LogP contribution in [0.3, 0.4) is 0 Å².